The Balaban J connectivity index is 1.89. The van der Waals surface area contributed by atoms with Crippen molar-refractivity contribution in [1.29, 1.82) is 0 Å². The Morgan fingerprint density at radius 2 is 1.96 bits per heavy atom. The van der Waals surface area contributed by atoms with Gasteiger partial charge in [-0.1, -0.05) is 0 Å². The Morgan fingerprint density at radius 3 is 2.71 bits per heavy atom. The van der Waals surface area contributed by atoms with Crippen LogP contribution in [0, 0.1) is 6.92 Å². The van der Waals surface area contributed by atoms with Crippen molar-refractivity contribution in [2.24, 2.45) is 0 Å². The second-order valence-corrected chi connectivity index (χ2v) is 5.35. The van der Waals surface area contributed by atoms with Crippen molar-refractivity contribution in [1.82, 2.24) is 24.1 Å². The average molecular weight is 321 g/mol. The van der Waals surface area contributed by atoms with E-state index >= 15 is 0 Å². The fraction of sp³-hybridized carbons (Fsp3) is 0.176. The lowest BCUT2D eigenvalue weighted by atomic mass is 10.2. The maximum absolute atomic E-state index is 12.8. The van der Waals surface area contributed by atoms with Crippen LogP contribution in [-0.2, 0) is 0 Å². The Bertz CT molecular complexity index is 1100. The van der Waals surface area contributed by atoms with Gasteiger partial charge in [-0.05, 0) is 44.2 Å². The summed E-state index contributed by atoms with van der Waals surface area (Å²) in [5.41, 5.74) is 1.30. The molecule has 3 aromatic heterocycles. The molecule has 4 aromatic rings. The van der Waals surface area contributed by atoms with Crippen LogP contribution < -0.4 is 10.3 Å². The van der Waals surface area contributed by atoms with Gasteiger partial charge in [-0.25, -0.2) is 4.98 Å². The largest absolute Gasteiger partial charge is 0.494 e. The highest BCUT2D eigenvalue weighted by Gasteiger charge is 2.10. The number of fused-ring (bicyclic) bond motifs is 3. The SMILES string of the molecule is CCOc1ccc(-n2ccc3c(cnc4nc(C)nn43)c2=O)cc1. The first-order valence-electron chi connectivity index (χ1n) is 7.64. The van der Waals surface area contributed by atoms with E-state index in [2.05, 4.69) is 15.1 Å². The number of benzene rings is 1. The molecule has 4 rings (SSSR count). The molecule has 0 fully saturated rings. The number of rotatable bonds is 3. The Kier molecular flexibility index (Phi) is 3.26. The molecule has 0 spiro atoms. The van der Waals surface area contributed by atoms with Gasteiger partial charge in [-0.3, -0.25) is 9.36 Å². The third-order valence-electron chi connectivity index (χ3n) is 3.77. The van der Waals surface area contributed by atoms with Crippen molar-refractivity contribution in [3.63, 3.8) is 0 Å². The van der Waals surface area contributed by atoms with Gasteiger partial charge in [0, 0.05) is 18.1 Å². The lowest BCUT2D eigenvalue weighted by Gasteiger charge is -2.09. The highest BCUT2D eigenvalue weighted by Crippen LogP contribution is 2.16. The van der Waals surface area contributed by atoms with Crippen LogP contribution >= 0.6 is 0 Å². The predicted octanol–water partition coefficient (Wildman–Crippen LogP) is 2.14. The van der Waals surface area contributed by atoms with Gasteiger partial charge in [0.15, 0.2) is 0 Å². The summed E-state index contributed by atoms with van der Waals surface area (Å²) in [6, 6.07) is 9.24. The molecular formula is C17H15N5O2. The molecule has 0 bridgehead atoms. The zero-order valence-corrected chi connectivity index (χ0v) is 13.3. The minimum Gasteiger partial charge on any atom is -0.494 e. The van der Waals surface area contributed by atoms with E-state index in [0.717, 1.165) is 11.4 Å². The maximum atomic E-state index is 12.8. The number of hydrogen-bond donors (Lipinski definition) is 0. The van der Waals surface area contributed by atoms with Gasteiger partial charge in [0.1, 0.15) is 11.6 Å². The molecule has 0 unspecified atom stereocenters. The topological polar surface area (TPSA) is 74.3 Å². The van der Waals surface area contributed by atoms with Crippen LogP contribution in [0.1, 0.15) is 12.7 Å². The molecule has 120 valence electrons. The molecule has 7 nitrogen and oxygen atoms in total. The van der Waals surface area contributed by atoms with Crippen molar-refractivity contribution in [2.45, 2.75) is 13.8 Å². The van der Waals surface area contributed by atoms with E-state index in [9.17, 15) is 4.79 Å². The minimum absolute atomic E-state index is 0.154. The summed E-state index contributed by atoms with van der Waals surface area (Å²) in [5.74, 6) is 1.88. The quantitative estimate of drug-likeness (QED) is 0.578. The van der Waals surface area contributed by atoms with Crippen molar-refractivity contribution in [3.8, 4) is 11.4 Å². The fourth-order valence-corrected chi connectivity index (χ4v) is 2.69. The lowest BCUT2D eigenvalue weighted by molar-refractivity contribution is 0.340. The second kappa shape index (κ2) is 5.45. The molecule has 0 aliphatic carbocycles. The molecule has 0 aliphatic rings. The molecule has 0 aliphatic heterocycles. The Morgan fingerprint density at radius 1 is 1.17 bits per heavy atom. The molecule has 0 saturated carbocycles. The van der Waals surface area contributed by atoms with Crippen molar-refractivity contribution in [3.05, 3.63) is 58.9 Å². The van der Waals surface area contributed by atoms with E-state index in [0.29, 0.717) is 29.1 Å². The van der Waals surface area contributed by atoms with E-state index < -0.39 is 0 Å². The molecule has 0 radical (unpaired) electrons. The van der Waals surface area contributed by atoms with Crippen molar-refractivity contribution < 1.29 is 4.74 Å². The molecule has 1 aromatic carbocycles. The van der Waals surface area contributed by atoms with Gasteiger partial charge in [-0.2, -0.15) is 9.50 Å². The van der Waals surface area contributed by atoms with E-state index in [1.807, 2.05) is 37.3 Å². The van der Waals surface area contributed by atoms with Crippen molar-refractivity contribution >= 4 is 16.7 Å². The first-order chi connectivity index (χ1) is 11.7. The summed E-state index contributed by atoms with van der Waals surface area (Å²) in [5, 5.41) is 4.78. The van der Waals surface area contributed by atoms with Crippen LogP contribution in [0.3, 0.4) is 0 Å². The molecule has 7 heteroatoms. The summed E-state index contributed by atoms with van der Waals surface area (Å²) in [6.45, 7) is 4.33. The molecule has 3 heterocycles. The summed E-state index contributed by atoms with van der Waals surface area (Å²) >= 11 is 0. The van der Waals surface area contributed by atoms with Crippen LogP contribution in [0.2, 0.25) is 0 Å². The molecule has 24 heavy (non-hydrogen) atoms. The maximum Gasteiger partial charge on any atom is 0.266 e. The highest BCUT2D eigenvalue weighted by molar-refractivity contribution is 5.78. The lowest BCUT2D eigenvalue weighted by Crippen LogP contribution is -2.18. The molecule has 0 N–H and O–H groups in total. The fourth-order valence-electron chi connectivity index (χ4n) is 2.69. The number of aryl methyl sites for hydroxylation is 1. The third-order valence-corrected chi connectivity index (χ3v) is 3.77. The first kappa shape index (κ1) is 14.4. The van der Waals surface area contributed by atoms with Crippen molar-refractivity contribution in [2.75, 3.05) is 6.61 Å². The summed E-state index contributed by atoms with van der Waals surface area (Å²) in [4.78, 5) is 21.3. The number of hydrogen-bond acceptors (Lipinski definition) is 5. The standard InChI is InChI=1S/C17H15N5O2/c1-3-24-13-6-4-12(5-7-13)21-9-8-15-14(16(21)23)10-18-17-19-11(2)20-22(15)17/h4-10H,3H2,1-2H3. The number of pyridine rings is 1. The van der Waals surface area contributed by atoms with Crippen LogP contribution in [0.15, 0.2) is 47.5 Å². The van der Waals surface area contributed by atoms with E-state index in [1.165, 1.54) is 0 Å². The Hall–Kier alpha value is -3.22. The van der Waals surface area contributed by atoms with Gasteiger partial charge in [-0.15, -0.1) is 5.10 Å². The normalized spacial score (nSPS) is 11.2. The zero-order valence-electron chi connectivity index (χ0n) is 13.3. The molecule has 0 saturated heterocycles. The average Bonchev–Trinajstić information content (AvgIpc) is 2.97. The van der Waals surface area contributed by atoms with Crippen LogP contribution in [0.4, 0.5) is 0 Å². The van der Waals surface area contributed by atoms with Gasteiger partial charge >= 0.3 is 0 Å². The zero-order chi connectivity index (χ0) is 16.7. The summed E-state index contributed by atoms with van der Waals surface area (Å²) < 4.78 is 8.60. The van der Waals surface area contributed by atoms with Gasteiger partial charge in [0.25, 0.3) is 11.3 Å². The first-order valence-corrected chi connectivity index (χ1v) is 7.64. The van der Waals surface area contributed by atoms with E-state index in [-0.39, 0.29) is 5.56 Å². The molecule has 0 atom stereocenters. The predicted molar refractivity (Wildman–Crippen MR) is 89.8 cm³/mol. The summed E-state index contributed by atoms with van der Waals surface area (Å²) in [6.07, 6.45) is 3.28. The van der Waals surface area contributed by atoms with Gasteiger partial charge in [0.2, 0.25) is 0 Å². The minimum atomic E-state index is -0.154. The second-order valence-electron chi connectivity index (χ2n) is 5.35. The number of aromatic nitrogens is 5. The molecule has 0 amide bonds. The van der Waals surface area contributed by atoms with E-state index in [1.54, 1.807) is 28.4 Å². The van der Waals surface area contributed by atoms with E-state index in [4.69, 9.17) is 4.74 Å². The molecular weight excluding hydrogens is 306 g/mol. The Labute approximate surface area is 137 Å². The smallest absolute Gasteiger partial charge is 0.266 e. The third kappa shape index (κ3) is 2.21. The monoisotopic (exact) mass is 321 g/mol. The van der Waals surface area contributed by atoms with Crippen LogP contribution in [0.25, 0.3) is 22.4 Å². The van der Waals surface area contributed by atoms with Crippen LogP contribution in [0.5, 0.6) is 5.75 Å². The van der Waals surface area contributed by atoms with Gasteiger partial charge < -0.3 is 4.74 Å². The van der Waals surface area contributed by atoms with Gasteiger partial charge in [0.05, 0.1) is 17.5 Å². The summed E-state index contributed by atoms with van der Waals surface area (Å²) in [7, 11) is 0. The highest BCUT2D eigenvalue weighted by atomic mass is 16.5. The number of nitrogens with zero attached hydrogens (tertiary/aromatic N) is 5. The number of ether oxygens (including phenoxy) is 1. The van der Waals surface area contributed by atoms with Crippen LogP contribution in [-0.4, -0.2) is 30.8 Å².